The van der Waals surface area contributed by atoms with Crippen molar-refractivity contribution in [3.05, 3.63) is 28.5 Å². The van der Waals surface area contributed by atoms with Gasteiger partial charge in [-0.1, -0.05) is 0 Å². The van der Waals surface area contributed by atoms with Crippen LogP contribution in [-0.2, 0) is 10.0 Å². The summed E-state index contributed by atoms with van der Waals surface area (Å²) in [5, 5.41) is 0. The molecule has 1 aromatic rings. The van der Waals surface area contributed by atoms with Gasteiger partial charge in [0.25, 0.3) is 0 Å². The third kappa shape index (κ3) is 2.86. The fourth-order valence-electron chi connectivity index (χ4n) is 1.61. The summed E-state index contributed by atoms with van der Waals surface area (Å²) in [4.78, 5) is 0.113. The van der Waals surface area contributed by atoms with E-state index in [1.807, 2.05) is 0 Å². The molecule has 0 heterocycles. The highest BCUT2D eigenvalue weighted by molar-refractivity contribution is 9.10. The molecule has 1 saturated carbocycles. The smallest absolute Gasteiger partial charge is 0.207 e. The van der Waals surface area contributed by atoms with Gasteiger partial charge in [-0.25, -0.2) is 17.1 Å². The van der Waals surface area contributed by atoms with Crippen LogP contribution in [0.1, 0.15) is 12.8 Å². The fraction of sp³-hybridized carbons (Fsp3) is 0.455. The summed E-state index contributed by atoms with van der Waals surface area (Å²) < 4.78 is 38.9. The van der Waals surface area contributed by atoms with Crippen molar-refractivity contribution in [2.24, 2.45) is 5.92 Å². The summed E-state index contributed by atoms with van der Waals surface area (Å²) in [7, 11) is -1.96. The zero-order valence-electron chi connectivity index (χ0n) is 9.36. The highest BCUT2D eigenvalue weighted by Crippen LogP contribution is 2.32. The minimum absolute atomic E-state index is 0.113. The molecule has 17 heavy (non-hydrogen) atoms. The Balaban J connectivity index is 2.29. The molecule has 0 aromatic heterocycles. The first-order valence-electron chi connectivity index (χ1n) is 5.32. The topological polar surface area (TPSA) is 37.4 Å². The standard InChI is InChI=1S/C11H13BrFNO2S/c1-14(7-8-2-3-8)17(15,16)11-5-4-9(13)6-10(11)12/h4-6,8H,2-3,7H2,1H3. The SMILES string of the molecule is CN(CC1CC1)S(=O)(=O)c1ccc(F)cc1Br. The van der Waals surface area contributed by atoms with Crippen molar-refractivity contribution in [3.63, 3.8) is 0 Å². The Hall–Kier alpha value is -0.460. The quantitative estimate of drug-likeness (QED) is 0.854. The Morgan fingerprint density at radius 3 is 2.65 bits per heavy atom. The van der Waals surface area contributed by atoms with E-state index in [1.165, 1.54) is 10.4 Å². The highest BCUT2D eigenvalue weighted by atomic mass is 79.9. The van der Waals surface area contributed by atoms with Crippen molar-refractivity contribution in [2.45, 2.75) is 17.7 Å². The molecule has 1 fully saturated rings. The number of hydrogen-bond donors (Lipinski definition) is 0. The third-order valence-electron chi connectivity index (χ3n) is 2.79. The lowest BCUT2D eigenvalue weighted by Gasteiger charge is -2.17. The molecular formula is C11H13BrFNO2S. The van der Waals surface area contributed by atoms with Gasteiger partial charge in [-0.3, -0.25) is 0 Å². The van der Waals surface area contributed by atoms with Crippen LogP contribution < -0.4 is 0 Å². The number of sulfonamides is 1. The van der Waals surface area contributed by atoms with Crippen LogP contribution in [0.5, 0.6) is 0 Å². The first-order valence-corrected chi connectivity index (χ1v) is 7.56. The van der Waals surface area contributed by atoms with Crippen LogP contribution in [0.15, 0.2) is 27.6 Å². The van der Waals surface area contributed by atoms with Gasteiger partial charge >= 0.3 is 0 Å². The van der Waals surface area contributed by atoms with E-state index in [0.29, 0.717) is 12.5 Å². The van der Waals surface area contributed by atoms with Crippen LogP contribution in [-0.4, -0.2) is 26.3 Å². The molecule has 0 amide bonds. The lowest BCUT2D eigenvalue weighted by Crippen LogP contribution is -2.29. The lowest BCUT2D eigenvalue weighted by atomic mass is 10.3. The molecule has 94 valence electrons. The van der Waals surface area contributed by atoms with Gasteiger partial charge in [-0.2, -0.15) is 0 Å². The molecule has 0 spiro atoms. The van der Waals surface area contributed by atoms with Crippen LogP contribution >= 0.6 is 15.9 Å². The largest absolute Gasteiger partial charge is 0.243 e. The Morgan fingerprint density at radius 2 is 2.12 bits per heavy atom. The van der Waals surface area contributed by atoms with Gasteiger partial charge in [0.15, 0.2) is 0 Å². The molecule has 6 heteroatoms. The van der Waals surface area contributed by atoms with Crippen LogP contribution in [0, 0.1) is 11.7 Å². The summed E-state index contributed by atoms with van der Waals surface area (Å²) in [5.41, 5.74) is 0. The van der Waals surface area contributed by atoms with Gasteiger partial charge in [0, 0.05) is 18.1 Å². The predicted octanol–water partition coefficient (Wildman–Crippen LogP) is 2.62. The summed E-state index contributed by atoms with van der Waals surface area (Å²) in [5.74, 6) is 0.0228. The van der Waals surface area contributed by atoms with E-state index in [0.717, 1.165) is 25.0 Å². The molecule has 2 rings (SSSR count). The van der Waals surface area contributed by atoms with Crippen molar-refractivity contribution in [2.75, 3.05) is 13.6 Å². The minimum atomic E-state index is -3.52. The Labute approximate surface area is 109 Å². The van der Waals surface area contributed by atoms with Crippen LogP contribution in [0.25, 0.3) is 0 Å². The average Bonchev–Trinajstić information content (AvgIpc) is 3.00. The Kier molecular flexibility index (Phi) is 3.56. The maximum atomic E-state index is 12.9. The van der Waals surface area contributed by atoms with Crippen LogP contribution in [0.2, 0.25) is 0 Å². The van der Waals surface area contributed by atoms with Gasteiger partial charge in [0.1, 0.15) is 5.82 Å². The van der Waals surface area contributed by atoms with E-state index < -0.39 is 15.8 Å². The zero-order valence-corrected chi connectivity index (χ0v) is 11.8. The van der Waals surface area contributed by atoms with E-state index in [2.05, 4.69) is 15.9 Å². The predicted molar refractivity (Wildman–Crippen MR) is 66.6 cm³/mol. The first-order chi connectivity index (χ1) is 7.91. The van der Waals surface area contributed by atoms with E-state index in [1.54, 1.807) is 7.05 Å². The molecule has 0 radical (unpaired) electrons. The molecule has 0 atom stereocenters. The Morgan fingerprint density at radius 1 is 1.47 bits per heavy atom. The Bertz CT molecular complexity index is 528. The van der Waals surface area contributed by atoms with Gasteiger partial charge in [0.2, 0.25) is 10.0 Å². The number of nitrogens with zero attached hydrogens (tertiary/aromatic N) is 1. The molecule has 0 unspecified atom stereocenters. The van der Waals surface area contributed by atoms with E-state index >= 15 is 0 Å². The van der Waals surface area contributed by atoms with E-state index in [9.17, 15) is 12.8 Å². The van der Waals surface area contributed by atoms with E-state index in [-0.39, 0.29) is 9.37 Å². The molecule has 1 aromatic carbocycles. The second-order valence-electron chi connectivity index (χ2n) is 4.30. The van der Waals surface area contributed by atoms with Gasteiger partial charge < -0.3 is 0 Å². The maximum Gasteiger partial charge on any atom is 0.243 e. The molecule has 1 aliphatic carbocycles. The van der Waals surface area contributed by atoms with Crippen molar-refractivity contribution in [1.82, 2.24) is 4.31 Å². The van der Waals surface area contributed by atoms with Crippen molar-refractivity contribution in [3.8, 4) is 0 Å². The molecular weight excluding hydrogens is 309 g/mol. The molecule has 0 aliphatic heterocycles. The third-order valence-corrected chi connectivity index (χ3v) is 5.59. The van der Waals surface area contributed by atoms with E-state index in [4.69, 9.17) is 0 Å². The van der Waals surface area contributed by atoms with Crippen molar-refractivity contribution >= 4 is 26.0 Å². The van der Waals surface area contributed by atoms with Crippen LogP contribution in [0.3, 0.4) is 0 Å². The maximum absolute atomic E-state index is 12.9. The van der Waals surface area contributed by atoms with Gasteiger partial charge in [-0.15, -0.1) is 0 Å². The number of hydrogen-bond acceptors (Lipinski definition) is 2. The average molecular weight is 322 g/mol. The first kappa shape index (κ1) is 13.0. The second-order valence-corrected chi connectivity index (χ2v) is 7.17. The normalized spacial score (nSPS) is 16.5. The summed E-state index contributed by atoms with van der Waals surface area (Å²) in [6.07, 6.45) is 2.18. The van der Waals surface area contributed by atoms with Gasteiger partial charge in [0.05, 0.1) is 4.90 Å². The minimum Gasteiger partial charge on any atom is -0.207 e. The zero-order chi connectivity index (χ0) is 12.6. The van der Waals surface area contributed by atoms with Gasteiger partial charge in [-0.05, 0) is 52.9 Å². The summed E-state index contributed by atoms with van der Waals surface area (Å²) >= 11 is 3.09. The fourth-order valence-corrected chi connectivity index (χ4v) is 3.87. The monoisotopic (exact) mass is 321 g/mol. The summed E-state index contributed by atoms with van der Waals surface area (Å²) in [6, 6.07) is 3.61. The number of halogens is 2. The lowest BCUT2D eigenvalue weighted by molar-refractivity contribution is 0.452. The van der Waals surface area contributed by atoms with Crippen LogP contribution in [0.4, 0.5) is 4.39 Å². The number of rotatable bonds is 4. The molecule has 1 aliphatic rings. The molecule has 0 N–H and O–H groups in total. The number of benzene rings is 1. The second kappa shape index (κ2) is 4.66. The molecule has 0 bridgehead atoms. The highest BCUT2D eigenvalue weighted by Gasteiger charge is 2.30. The van der Waals surface area contributed by atoms with Crippen molar-refractivity contribution < 1.29 is 12.8 Å². The summed E-state index contributed by atoms with van der Waals surface area (Å²) in [6.45, 7) is 0.534. The van der Waals surface area contributed by atoms with Crippen molar-refractivity contribution in [1.29, 1.82) is 0 Å². The molecule has 0 saturated heterocycles. The molecule has 3 nitrogen and oxygen atoms in total.